The van der Waals surface area contributed by atoms with Crippen LogP contribution in [0.5, 0.6) is 0 Å². The minimum absolute atomic E-state index is 0.256. The van der Waals surface area contributed by atoms with Crippen LogP contribution >= 0.6 is 0 Å². The highest BCUT2D eigenvalue weighted by Gasteiger charge is 2.22. The fourth-order valence-corrected chi connectivity index (χ4v) is 3.89. The summed E-state index contributed by atoms with van der Waals surface area (Å²) in [4.78, 5) is 6.83. The molecule has 0 amide bonds. The summed E-state index contributed by atoms with van der Waals surface area (Å²) in [5.74, 6) is 0. The molecule has 2 aromatic heterocycles. The zero-order chi connectivity index (χ0) is 19.3. The van der Waals surface area contributed by atoms with E-state index in [1.807, 2.05) is 30.6 Å². The molecule has 4 rings (SSSR count). The first-order valence-electron chi connectivity index (χ1n) is 10.0. The molecule has 0 spiro atoms. The van der Waals surface area contributed by atoms with Gasteiger partial charge in [-0.05, 0) is 57.0 Å². The highest BCUT2D eigenvalue weighted by molar-refractivity contribution is 5.67. The van der Waals surface area contributed by atoms with Crippen molar-refractivity contribution in [3.63, 3.8) is 0 Å². The molecule has 1 aromatic carbocycles. The van der Waals surface area contributed by atoms with Crippen LogP contribution in [0.3, 0.4) is 0 Å². The summed E-state index contributed by atoms with van der Waals surface area (Å²) in [6.45, 7) is 7.81. The molecular weight excluding hydrogens is 348 g/mol. The van der Waals surface area contributed by atoms with Gasteiger partial charge in [0.15, 0.2) is 0 Å². The summed E-state index contributed by atoms with van der Waals surface area (Å²) in [5.41, 5.74) is 7.16. The molecule has 1 aliphatic rings. The second kappa shape index (κ2) is 8.67. The molecule has 5 heteroatoms. The number of nitrogens with zero attached hydrogens (tertiary/aromatic N) is 3. The van der Waals surface area contributed by atoms with Crippen molar-refractivity contribution in [2.45, 2.75) is 45.9 Å². The fraction of sp³-hybridized carbons (Fsp3) is 0.391. The number of hydrogen-bond acceptors (Lipinski definition) is 4. The van der Waals surface area contributed by atoms with Gasteiger partial charge in [-0.25, -0.2) is 0 Å². The predicted octanol–water partition coefficient (Wildman–Crippen LogP) is 4.27. The lowest BCUT2D eigenvalue weighted by Crippen LogP contribution is -2.39. The van der Waals surface area contributed by atoms with Gasteiger partial charge in [0, 0.05) is 30.4 Å². The number of hydrogen-bond donors (Lipinski definition) is 1. The Kier molecular flexibility index (Phi) is 5.84. The van der Waals surface area contributed by atoms with E-state index >= 15 is 0 Å². The third-order valence-corrected chi connectivity index (χ3v) is 5.43. The molecule has 0 radical (unpaired) electrons. The summed E-state index contributed by atoms with van der Waals surface area (Å²) in [6.07, 6.45) is 6.31. The van der Waals surface area contributed by atoms with Crippen LogP contribution in [-0.2, 0) is 17.9 Å². The molecule has 3 heterocycles. The van der Waals surface area contributed by atoms with Crippen molar-refractivity contribution in [3.05, 3.63) is 71.2 Å². The van der Waals surface area contributed by atoms with Crippen LogP contribution < -0.4 is 0 Å². The monoisotopic (exact) mass is 376 g/mol. The van der Waals surface area contributed by atoms with Crippen LogP contribution in [0, 0.1) is 13.8 Å². The number of likely N-dealkylation sites (tertiary alicyclic amines) is 1. The van der Waals surface area contributed by atoms with Crippen LogP contribution in [-0.4, -0.2) is 39.3 Å². The molecule has 5 nitrogen and oxygen atoms in total. The number of nitrogens with one attached hydrogen (secondary N) is 1. The molecular formula is C23H28N4O. The zero-order valence-electron chi connectivity index (χ0n) is 16.7. The SMILES string of the molecule is Cc1ccc(C)c(-c2[nH]ncc2CN2CCCC(OCc3ccccn3)C2)c1. The molecule has 1 aliphatic heterocycles. The van der Waals surface area contributed by atoms with E-state index < -0.39 is 0 Å². The number of aryl methyl sites for hydroxylation is 2. The average molecular weight is 377 g/mol. The summed E-state index contributed by atoms with van der Waals surface area (Å²) >= 11 is 0. The minimum atomic E-state index is 0.256. The van der Waals surface area contributed by atoms with Gasteiger partial charge in [0.2, 0.25) is 0 Å². The Balaban J connectivity index is 1.41. The number of benzene rings is 1. The maximum Gasteiger partial charge on any atom is 0.0892 e. The van der Waals surface area contributed by atoms with Crippen molar-refractivity contribution in [2.24, 2.45) is 0 Å². The van der Waals surface area contributed by atoms with E-state index in [4.69, 9.17) is 4.74 Å². The van der Waals surface area contributed by atoms with Crippen molar-refractivity contribution in [2.75, 3.05) is 13.1 Å². The molecule has 0 saturated carbocycles. The van der Waals surface area contributed by atoms with Gasteiger partial charge >= 0.3 is 0 Å². The Morgan fingerprint density at radius 2 is 2.14 bits per heavy atom. The maximum absolute atomic E-state index is 6.14. The summed E-state index contributed by atoms with van der Waals surface area (Å²) in [6, 6.07) is 12.5. The van der Waals surface area contributed by atoms with E-state index in [2.05, 4.69) is 52.1 Å². The minimum Gasteiger partial charge on any atom is -0.371 e. The van der Waals surface area contributed by atoms with Crippen LogP contribution in [0.4, 0.5) is 0 Å². The number of H-pyrrole nitrogens is 1. The third-order valence-electron chi connectivity index (χ3n) is 5.43. The maximum atomic E-state index is 6.14. The lowest BCUT2D eigenvalue weighted by atomic mass is 9.99. The van der Waals surface area contributed by atoms with Crippen molar-refractivity contribution in [3.8, 4) is 11.3 Å². The molecule has 0 bridgehead atoms. The third kappa shape index (κ3) is 4.49. The smallest absolute Gasteiger partial charge is 0.0892 e. The normalized spacial score (nSPS) is 17.7. The highest BCUT2D eigenvalue weighted by atomic mass is 16.5. The second-order valence-corrected chi connectivity index (χ2v) is 7.72. The predicted molar refractivity (Wildman–Crippen MR) is 111 cm³/mol. The lowest BCUT2D eigenvalue weighted by Gasteiger charge is -2.32. The van der Waals surface area contributed by atoms with E-state index in [0.717, 1.165) is 43.9 Å². The average Bonchev–Trinajstić information content (AvgIpc) is 3.17. The van der Waals surface area contributed by atoms with E-state index in [0.29, 0.717) is 6.61 Å². The first-order valence-corrected chi connectivity index (χ1v) is 10.0. The molecule has 28 heavy (non-hydrogen) atoms. The Morgan fingerprint density at radius 1 is 1.21 bits per heavy atom. The Morgan fingerprint density at radius 3 is 3.00 bits per heavy atom. The van der Waals surface area contributed by atoms with Gasteiger partial charge in [-0.1, -0.05) is 23.8 Å². The number of aromatic amines is 1. The Bertz CT molecular complexity index is 906. The standard InChI is InChI=1S/C23H28N4O/c1-17-8-9-18(2)22(12-17)23-19(13-25-26-23)14-27-11-5-7-21(15-27)28-16-20-6-3-4-10-24-20/h3-4,6,8-10,12-13,21H,5,7,11,14-16H2,1-2H3,(H,25,26). The van der Waals surface area contributed by atoms with E-state index in [-0.39, 0.29) is 6.10 Å². The number of piperidine rings is 1. The van der Waals surface area contributed by atoms with Crippen LogP contribution in [0.15, 0.2) is 48.8 Å². The van der Waals surface area contributed by atoms with Crippen molar-refractivity contribution in [1.82, 2.24) is 20.1 Å². The van der Waals surface area contributed by atoms with Crippen LogP contribution in [0.2, 0.25) is 0 Å². The molecule has 1 N–H and O–H groups in total. The number of aromatic nitrogens is 3. The van der Waals surface area contributed by atoms with E-state index in [1.54, 1.807) is 0 Å². The van der Waals surface area contributed by atoms with Gasteiger partial charge in [-0.2, -0.15) is 5.10 Å². The van der Waals surface area contributed by atoms with E-state index in [9.17, 15) is 0 Å². The Hall–Kier alpha value is -2.50. The molecule has 1 fully saturated rings. The van der Waals surface area contributed by atoms with Gasteiger partial charge in [-0.3, -0.25) is 15.0 Å². The van der Waals surface area contributed by atoms with Gasteiger partial charge < -0.3 is 4.74 Å². The summed E-state index contributed by atoms with van der Waals surface area (Å²) in [7, 11) is 0. The fourth-order valence-electron chi connectivity index (χ4n) is 3.89. The summed E-state index contributed by atoms with van der Waals surface area (Å²) < 4.78 is 6.14. The first kappa shape index (κ1) is 18.8. The van der Waals surface area contributed by atoms with Gasteiger partial charge in [-0.15, -0.1) is 0 Å². The van der Waals surface area contributed by atoms with Crippen LogP contribution in [0.25, 0.3) is 11.3 Å². The number of rotatable bonds is 6. The zero-order valence-corrected chi connectivity index (χ0v) is 16.7. The van der Waals surface area contributed by atoms with Gasteiger partial charge in [0.05, 0.1) is 30.3 Å². The quantitative estimate of drug-likeness (QED) is 0.698. The topological polar surface area (TPSA) is 54.0 Å². The van der Waals surface area contributed by atoms with Crippen molar-refractivity contribution < 1.29 is 4.74 Å². The first-order chi connectivity index (χ1) is 13.7. The molecule has 1 unspecified atom stereocenters. The lowest BCUT2D eigenvalue weighted by molar-refractivity contribution is -0.0132. The molecule has 146 valence electrons. The number of ether oxygens (including phenoxy) is 1. The molecule has 1 atom stereocenters. The molecule has 0 aliphatic carbocycles. The van der Waals surface area contributed by atoms with Crippen molar-refractivity contribution in [1.29, 1.82) is 0 Å². The van der Waals surface area contributed by atoms with Crippen LogP contribution in [0.1, 0.15) is 35.2 Å². The number of pyridine rings is 1. The van der Waals surface area contributed by atoms with Gasteiger partial charge in [0.25, 0.3) is 0 Å². The summed E-state index contributed by atoms with van der Waals surface area (Å²) in [5, 5.41) is 7.56. The largest absolute Gasteiger partial charge is 0.371 e. The van der Waals surface area contributed by atoms with Crippen molar-refractivity contribution >= 4 is 0 Å². The second-order valence-electron chi connectivity index (χ2n) is 7.72. The highest BCUT2D eigenvalue weighted by Crippen LogP contribution is 2.27. The molecule has 3 aromatic rings. The molecule has 1 saturated heterocycles. The van der Waals surface area contributed by atoms with Gasteiger partial charge in [0.1, 0.15) is 0 Å². The van der Waals surface area contributed by atoms with E-state index in [1.165, 1.54) is 22.3 Å². The Labute approximate surface area is 166 Å².